The molecule has 4 rings (SSSR count). The van der Waals surface area contributed by atoms with Gasteiger partial charge in [0.15, 0.2) is 0 Å². The normalized spacial score (nSPS) is 34.9. The molecule has 0 spiro atoms. The van der Waals surface area contributed by atoms with Crippen LogP contribution in [0.1, 0.15) is 36.6 Å². The summed E-state index contributed by atoms with van der Waals surface area (Å²) in [7, 11) is 4.62. The zero-order chi connectivity index (χ0) is 25.4. The summed E-state index contributed by atoms with van der Waals surface area (Å²) in [6.07, 6.45) is -3.65. The number of rotatable bonds is 7. The number of ether oxygens (including phenoxy) is 6. The quantitative estimate of drug-likeness (QED) is 0.588. The Hall–Kier alpha value is -1.75. The van der Waals surface area contributed by atoms with Gasteiger partial charge in [-0.05, 0) is 55.2 Å². The molecule has 2 heterocycles. The summed E-state index contributed by atoms with van der Waals surface area (Å²) in [5.41, 5.74) is 2.74. The van der Waals surface area contributed by atoms with E-state index in [-0.39, 0.29) is 6.61 Å². The van der Waals surface area contributed by atoms with Crippen LogP contribution in [0.5, 0.6) is 5.75 Å². The largest absolute Gasteiger partial charge is 0.497 e. The first kappa shape index (κ1) is 26.3. The van der Waals surface area contributed by atoms with Gasteiger partial charge in [0, 0.05) is 19.2 Å². The van der Waals surface area contributed by atoms with Gasteiger partial charge in [-0.2, -0.15) is 0 Å². The predicted molar refractivity (Wildman–Crippen MR) is 129 cm³/mol. The number of hydrogen-bond acceptors (Lipinski definition) is 8. The Morgan fingerprint density at radius 1 is 0.943 bits per heavy atom. The molecule has 0 amide bonds. The van der Waals surface area contributed by atoms with Gasteiger partial charge in [0.1, 0.15) is 36.3 Å². The molecule has 0 aliphatic carbocycles. The zero-order valence-corrected chi connectivity index (χ0v) is 21.3. The lowest BCUT2D eigenvalue weighted by atomic mass is 9.87. The highest BCUT2D eigenvalue weighted by Crippen LogP contribution is 2.47. The number of aliphatic hydroxyl groups is 2. The first-order chi connectivity index (χ1) is 16.7. The fourth-order valence-electron chi connectivity index (χ4n) is 4.68. The molecule has 35 heavy (non-hydrogen) atoms. The van der Waals surface area contributed by atoms with E-state index < -0.39 is 42.1 Å². The van der Waals surface area contributed by atoms with Gasteiger partial charge in [-0.25, -0.2) is 0 Å². The van der Waals surface area contributed by atoms with Gasteiger partial charge < -0.3 is 38.6 Å². The van der Waals surface area contributed by atoms with Crippen LogP contribution in [0.3, 0.4) is 0 Å². The Morgan fingerprint density at radius 3 is 2.14 bits per heavy atom. The Kier molecular flexibility index (Phi) is 7.76. The molecule has 2 saturated heterocycles. The van der Waals surface area contributed by atoms with Gasteiger partial charge in [0.2, 0.25) is 11.6 Å². The zero-order valence-electron chi connectivity index (χ0n) is 20.6. The third-order valence-electron chi connectivity index (χ3n) is 7.12. The van der Waals surface area contributed by atoms with Crippen LogP contribution in [0, 0.1) is 0 Å². The molecule has 7 atom stereocenters. The lowest BCUT2D eigenvalue weighted by molar-refractivity contribution is -0.473. The molecule has 0 aromatic heterocycles. The van der Waals surface area contributed by atoms with E-state index in [0.717, 1.165) is 22.4 Å². The van der Waals surface area contributed by atoms with Gasteiger partial charge in [-0.15, -0.1) is 0 Å². The van der Waals surface area contributed by atoms with Crippen molar-refractivity contribution in [3.8, 4) is 5.75 Å². The van der Waals surface area contributed by atoms with Crippen LogP contribution in [0.25, 0.3) is 0 Å². The Balaban J connectivity index is 1.69. The monoisotopic (exact) mass is 508 g/mol. The lowest BCUT2D eigenvalue weighted by Crippen LogP contribution is -2.71. The van der Waals surface area contributed by atoms with E-state index in [4.69, 9.17) is 40.0 Å². The van der Waals surface area contributed by atoms with E-state index in [1.165, 1.54) is 14.2 Å². The van der Waals surface area contributed by atoms with Crippen LogP contribution < -0.4 is 4.74 Å². The second-order valence-electron chi connectivity index (χ2n) is 9.11. The molecule has 2 aromatic carbocycles. The molecule has 192 valence electrons. The van der Waals surface area contributed by atoms with Crippen molar-refractivity contribution in [2.45, 2.75) is 62.4 Å². The molecule has 2 aliphatic heterocycles. The summed E-state index contributed by atoms with van der Waals surface area (Å²) in [6.45, 7) is 3.01. The van der Waals surface area contributed by atoms with Crippen molar-refractivity contribution in [2.24, 2.45) is 0 Å². The summed E-state index contributed by atoms with van der Waals surface area (Å²) in [5, 5.41) is 21.5. The van der Waals surface area contributed by atoms with Gasteiger partial charge >= 0.3 is 0 Å². The van der Waals surface area contributed by atoms with Crippen molar-refractivity contribution in [3.05, 3.63) is 64.2 Å². The van der Waals surface area contributed by atoms with Crippen molar-refractivity contribution in [1.82, 2.24) is 0 Å². The molecule has 0 saturated carbocycles. The standard InChI is InChI=1S/C26H33ClO8/c1-25(31-4)26(2,32-5)35-24-22(33-20(14-28)21(29)23(24)34-25)16-8-11-19(27)17(13-16)12-15-6-9-18(30-3)10-7-15/h6-11,13,20-24,28-29H,12,14H2,1-5H3/t20-,21-,22+,23+,24+,25-,26-/m1/s1. The summed E-state index contributed by atoms with van der Waals surface area (Å²) < 4.78 is 35.3. The van der Waals surface area contributed by atoms with Crippen molar-refractivity contribution < 1.29 is 38.6 Å². The molecule has 2 aromatic rings. The molecule has 9 heteroatoms. The van der Waals surface area contributed by atoms with Gasteiger partial charge in [-0.1, -0.05) is 35.9 Å². The maximum absolute atomic E-state index is 10.9. The maximum atomic E-state index is 10.9. The number of hydrogen-bond donors (Lipinski definition) is 2. The van der Waals surface area contributed by atoms with Gasteiger partial charge in [-0.3, -0.25) is 0 Å². The minimum Gasteiger partial charge on any atom is -0.497 e. The summed E-state index contributed by atoms with van der Waals surface area (Å²) in [6, 6.07) is 13.4. The SMILES string of the molecule is COc1ccc(Cc2cc([C@@H]3O[C@H](CO)[C@@H](O)[C@@H]4O[C@@](C)(OC)[C@](C)(OC)O[C@H]43)ccc2Cl)cc1. The van der Waals surface area contributed by atoms with Crippen LogP contribution in [0.15, 0.2) is 42.5 Å². The van der Waals surface area contributed by atoms with Crippen molar-refractivity contribution >= 4 is 11.6 Å². The fourth-order valence-corrected chi connectivity index (χ4v) is 4.86. The highest BCUT2D eigenvalue weighted by Gasteiger charge is 2.62. The van der Waals surface area contributed by atoms with Crippen molar-refractivity contribution in [1.29, 1.82) is 0 Å². The van der Waals surface area contributed by atoms with E-state index in [0.29, 0.717) is 11.4 Å². The highest BCUT2D eigenvalue weighted by molar-refractivity contribution is 6.31. The van der Waals surface area contributed by atoms with Crippen LogP contribution in [-0.4, -0.2) is 74.1 Å². The molecule has 2 aliphatic rings. The van der Waals surface area contributed by atoms with Crippen molar-refractivity contribution in [2.75, 3.05) is 27.9 Å². The number of benzene rings is 2. The van der Waals surface area contributed by atoms with Crippen LogP contribution in [0.4, 0.5) is 0 Å². The van der Waals surface area contributed by atoms with Crippen LogP contribution >= 0.6 is 11.6 Å². The van der Waals surface area contributed by atoms with Crippen molar-refractivity contribution in [3.63, 3.8) is 0 Å². The topological polar surface area (TPSA) is 95.8 Å². The number of fused-ring (bicyclic) bond motifs is 1. The highest BCUT2D eigenvalue weighted by atomic mass is 35.5. The van der Waals surface area contributed by atoms with Crippen LogP contribution in [0.2, 0.25) is 5.02 Å². The number of methoxy groups -OCH3 is 3. The Morgan fingerprint density at radius 2 is 1.57 bits per heavy atom. The smallest absolute Gasteiger partial charge is 0.220 e. The molecule has 0 radical (unpaired) electrons. The van der Waals surface area contributed by atoms with E-state index in [9.17, 15) is 10.2 Å². The maximum Gasteiger partial charge on any atom is 0.220 e. The summed E-state index contributed by atoms with van der Waals surface area (Å²) in [5.74, 6) is -1.80. The third kappa shape index (κ3) is 4.82. The molecule has 0 unspecified atom stereocenters. The van der Waals surface area contributed by atoms with Gasteiger partial charge in [0.05, 0.1) is 13.7 Å². The molecule has 0 bridgehead atoms. The van der Waals surface area contributed by atoms with E-state index in [1.807, 2.05) is 42.5 Å². The Labute approximate surface area is 210 Å². The van der Waals surface area contributed by atoms with E-state index in [2.05, 4.69) is 0 Å². The second-order valence-corrected chi connectivity index (χ2v) is 9.52. The molecular weight excluding hydrogens is 476 g/mol. The minimum atomic E-state index is -1.30. The first-order valence-electron chi connectivity index (χ1n) is 11.5. The molecular formula is C26H33ClO8. The molecule has 2 N–H and O–H groups in total. The number of aliphatic hydroxyl groups excluding tert-OH is 2. The summed E-state index contributed by atoms with van der Waals surface area (Å²) >= 11 is 6.55. The average molecular weight is 509 g/mol. The predicted octanol–water partition coefficient (Wildman–Crippen LogP) is 3.24. The van der Waals surface area contributed by atoms with Crippen LogP contribution in [-0.2, 0) is 30.1 Å². The fraction of sp³-hybridized carbons (Fsp3) is 0.538. The van der Waals surface area contributed by atoms with E-state index in [1.54, 1.807) is 21.0 Å². The van der Waals surface area contributed by atoms with Gasteiger partial charge in [0.25, 0.3) is 0 Å². The average Bonchev–Trinajstić information content (AvgIpc) is 2.87. The molecule has 8 nitrogen and oxygen atoms in total. The summed E-state index contributed by atoms with van der Waals surface area (Å²) in [4.78, 5) is 0. The lowest BCUT2D eigenvalue weighted by Gasteiger charge is -2.56. The third-order valence-corrected chi connectivity index (χ3v) is 7.49. The van der Waals surface area contributed by atoms with E-state index >= 15 is 0 Å². The Bertz CT molecular complexity index is 1020. The first-order valence-corrected chi connectivity index (χ1v) is 11.9. The minimum absolute atomic E-state index is 0.387. The molecule has 2 fully saturated rings. The number of halogens is 1. The second kappa shape index (κ2) is 10.3.